The van der Waals surface area contributed by atoms with Gasteiger partial charge in [0.2, 0.25) is 0 Å². The van der Waals surface area contributed by atoms with Crippen molar-refractivity contribution in [2.24, 2.45) is 5.92 Å². The predicted octanol–water partition coefficient (Wildman–Crippen LogP) is 5.97. The highest BCUT2D eigenvalue weighted by Crippen LogP contribution is 2.38. The van der Waals surface area contributed by atoms with Gasteiger partial charge in [0, 0.05) is 31.0 Å². The number of fused-ring (bicyclic) bond motifs is 1. The highest BCUT2D eigenvalue weighted by atomic mass is 16.6. The number of nitrogen functional groups attached to an aromatic ring is 1. The molecular weight excluding hydrogens is 480 g/mol. The summed E-state index contributed by atoms with van der Waals surface area (Å²) in [5.74, 6) is 0.866. The van der Waals surface area contributed by atoms with Crippen molar-refractivity contribution >= 4 is 17.4 Å². The maximum absolute atomic E-state index is 13.4. The number of ether oxygens (including phenoxy) is 3. The van der Waals surface area contributed by atoms with Gasteiger partial charge in [0.25, 0.3) is 0 Å². The maximum Gasteiger partial charge on any atom is 0.340 e. The molecule has 2 aromatic rings. The van der Waals surface area contributed by atoms with Gasteiger partial charge in [-0.05, 0) is 62.2 Å². The average molecular weight is 523 g/mol. The standard InChI is InChI=1S/C31H42N2O5/c1-2-3-4-5-6-11-25(34)20-24(22-33-16-9-10-17-33)30(38-31(35)26-12-7-8-13-27(26)32)23-14-15-28-29(21-23)37-19-18-36-28/h7-8,12-15,21,24,30H,2-6,9-11,16-20,22,32H2,1H3/t24-,30-/m1/s1. The van der Waals surface area contributed by atoms with Crippen LogP contribution in [0.25, 0.3) is 0 Å². The number of rotatable bonds is 14. The molecule has 2 heterocycles. The van der Waals surface area contributed by atoms with Crippen molar-refractivity contribution in [3.63, 3.8) is 0 Å². The topological polar surface area (TPSA) is 91.1 Å². The lowest BCUT2D eigenvalue weighted by Gasteiger charge is -2.31. The summed E-state index contributed by atoms with van der Waals surface area (Å²) >= 11 is 0. The molecule has 2 atom stereocenters. The van der Waals surface area contributed by atoms with E-state index >= 15 is 0 Å². The van der Waals surface area contributed by atoms with Crippen molar-refractivity contribution in [2.45, 2.75) is 70.8 Å². The van der Waals surface area contributed by atoms with Gasteiger partial charge in [0.05, 0.1) is 5.56 Å². The molecule has 2 aliphatic rings. The predicted molar refractivity (Wildman–Crippen MR) is 149 cm³/mol. The molecule has 7 nitrogen and oxygen atoms in total. The number of carbonyl (C=O) groups excluding carboxylic acids is 2. The Morgan fingerprint density at radius 1 is 0.974 bits per heavy atom. The normalized spacial score (nSPS) is 16.7. The minimum Gasteiger partial charge on any atom is -0.486 e. The molecule has 1 saturated heterocycles. The van der Waals surface area contributed by atoms with E-state index in [0.717, 1.165) is 50.8 Å². The van der Waals surface area contributed by atoms with E-state index in [9.17, 15) is 9.59 Å². The first-order valence-electron chi connectivity index (χ1n) is 14.2. The van der Waals surface area contributed by atoms with Crippen LogP contribution in [-0.4, -0.2) is 49.5 Å². The molecule has 206 valence electrons. The number of unbranched alkanes of at least 4 members (excludes halogenated alkanes) is 4. The van der Waals surface area contributed by atoms with E-state index in [2.05, 4.69) is 11.8 Å². The Kier molecular flexibility index (Phi) is 10.4. The highest BCUT2D eigenvalue weighted by Gasteiger charge is 2.33. The minimum absolute atomic E-state index is 0.187. The first-order valence-corrected chi connectivity index (χ1v) is 14.2. The van der Waals surface area contributed by atoms with Gasteiger partial charge in [-0.2, -0.15) is 0 Å². The SMILES string of the molecule is CCCCCCCC(=O)C[C@H](CN1CCCC1)[C@H](OC(=O)c1ccccc1N)c1ccc2c(c1)OCCO2. The number of nitrogens with two attached hydrogens (primary N) is 1. The molecule has 0 saturated carbocycles. The van der Waals surface area contributed by atoms with E-state index < -0.39 is 12.1 Å². The van der Waals surface area contributed by atoms with Crippen molar-refractivity contribution in [2.75, 3.05) is 38.6 Å². The number of benzene rings is 2. The lowest BCUT2D eigenvalue weighted by Crippen LogP contribution is -2.33. The molecule has 0 amide bonds. The van der Waals surface area contributed by atoms with Gasteiger partial charge in [-0.1, -0.05) is 50.8 Å². The Hall–Kier alpha value is -3.06. The van der Waals surface area contributed by atoms with Gasteiger partial charge in [-0.15, -0.1) is 0 Å². The third-order valence-corrected chi connectivity index (χ3v) is 7.48. The molecule has 4 rings (SSSR count). The van der Waals surface area contributed by atoms with Crippen LogP contribution in [0.3, 0.4) is 0 Å². The zero-order valence-electron chi connectivity index (χ0n) is 22.7. The smallest absolute Gasteiger partial charge is 0.340 e. The van der Waals surface area contributed by atoms with Gasteiger partial charge >= 0.3 is 5.97 Å². The van der Waals surface area contributed by atoms with Crippen LogP contribution in [0.5, 0.6) is 11.5 Å². The quantitative estimate of drug-likeness (QED) is 0.186. The van der Waals surface area contributed by atoms with E-state index in [-0.39, 0.29) is 11.7 Å². The number of anilines is 1. The Bertz CT molecular complexity index is 1070. The maximum atomic E-state index is 13.4. The van der Waals surface area contributed by atoms with Gasteiger partial charge in [-0.25, -0.2) is 4.79 Å². The van der Waals surface area contributed by atoms with Crippen molar-refractivity contribution < 1.29 is 23.8 Å². The summed E-state index contributed by atoms with van der Waals surface area (Å²) in [6, 6.07) is 12.6. The van der Waals surface area contributed by atoms with Gasteiger partial charge in [0.1, 0.15) is 25.1 Å². The zero-order valence-corrected chi connectivity index (χ0v) is 22.7. The van der Waals surface area contributed by atoms with Crippen molar-refractivity contribution in [1.29, 1.82) is 0 Å². The second kappa shape index (κ2) is 14.2. The van der Waals surface area contributed by atoms with Crippen LogP contribution in [0.2, 0.25) is 0 Å². The molecule has 0 bridgehead atoms. The summed E-state index contributed by atoms with van der Waals surface area (Å²) in [4.78, 5) is 29.0. The monoisotopic (exact) mass is 522 g/mol. The van der Waals surface area contributed by atoms with E-state index in [0.29, 0.717) is 55.4 Å². The number of carbonyl (C=O) groups is 2. The molecule has 2 N–H and O–H groups in total. The summed E-state index contributed by atoms with van der Waals surface area (Å²) in [5, 5.41) is 0. The summed E-state index contributed by atoms with van der Waals surface area (Å²) in [6.45, 7) is 5.84. The summed E-state index contributed by atoms with van der Waals surface area (Å²) in [5.41, 5.74) is 7.61. The number of likely N-dealkylation sites (tertiary alicyclic amines) is 1. The van der Waals surface area contributed by atoms with Gasteiger partial charge in [-0.3, -0.25) is 4.79 Å². The third kappa shape index (κ3) is 7.73. The zero-order chi connectivity index (χ0) is 26.7. The second-order valence-corrected chi connectivity index (χ2v) is 10.5. The Morgan fingerprint density at radius 3 is 2.47 bits per heavy atom. The molecule has 0 aliphatic carbocycles. The van der Waals surface area contributed by atoms with Crippen LogP contribution < -0.4 is 15.2 Å². The van der Waals surface area contributed by atoms with E-state index in [4.69, 9.17) is 19.9 Å². The number of hydrogen-bond donors (Lipinski definition) is 1. The summed E-state index contributed by atoms with van der Waals surface area (Å²) in [6.07, 6.45) is 8.12. The molecule has 0 radical (unpaired) electrons. The number of ketones is 1. The number of para-hydroxylation sites is 1. The number of hydrogen-bond acceptors (Lipinski definition) is 7. The van der Waals surface area contributed by atoms with Crippen molar-refractivity contribution in [1.82, 2.24) is 4.90 Å². The molecule has 38 heavy (non-hydrogen) atoms. The minimum atomic E-state index is -0.623. The second-order valence-electron chi connectivity index (χ2n) is 10.5. The summed E-state index contributed by atoms with van der Waals surface area (Å²) < 4.78 is 17.8. The molecule has 7 heteroatoms. The fraction of sp³-hybridized carbons (Fsp3) is 0.548. The molecular formula is C31H42N2O5. The molecule has 2 aliphatic heterocycles. The fourth-order valence-electron chi connectivity index (χ4n) is 5.42. The van der Waals surface area contributed by atoms with Crippen LogP contribution in [0.1, 0.15) is 86.7 Å². The fourth-order valence-corrected chi connectivity index (χ4v) is 5.42. The molecule has 1 fully saturated rings. The lowest BCUT2D eigenvalue weighted by atomic mass is 9.88. The van der Waals surface area contributed by atoms with E-state index in [1.165, 1.54) is 12.8 Å². The van der Waals surface area contributed by atoms with Gasteiger partial charge < -0.3 is 24.8 Å². The number of Topliss-reactive ketones (excluding diaryl/α,β-unsaturated/α-hetero) is 1. The molecule has 0 unspecified atom stereocenters. The first-order chi connectivity index (χ1) is 18.5. The Labute approximate surface area is 226 Å². The Morgan fingerprint density at radius 2 is 1.71 bits per heavy atom. The summed E-state index contributed by atoms with van der Waals surface area (Å²) in [7, 11) is 0. The molecule has 2 aromatic carbocycles. The highest BCUT2D eigenvalue weighted by molar-refractivity contribution is 5.95. The third-order valence-electron chi connectivity index (χ3n) is 7.48. The van der Waals surface area contributed by atoms with Crippen LogP contribution in [0, 0.1) is 5.92 Å². The average Bonchev–Trinajstić information content (AvgIpc) is 3.44. The molecule has 0 aromatic heterocycles. The van der Waals surface area contributed by atoms with Gasteiger partial charge in [0.15, 0.2) is 11.5 Å². The van der Waals surface area contributed by atoms with Crippen LogP contribution in [0.15, 0.2) is 42.5 Å². The van der Waals surface area contributed by atoms with Crippen LogP contribution in [0.4, 0.5) is 5.69 Å². The van der Waals surface area contributed by atoms with E-state index in [1.54, 1.807) is 24.3 Å². The Balaban J connectivity index is 1.59. The van der Waals surface area contributed by atoms with Crippen LogP contribution >= 0.6 is 0 Å². The number of esters is 1. The number of nitrogens with zero attached hydrogens (tertiary/aromatic N) is 1. The van der Waals surface area contributed by atoms with Crippen molar-refractivity contribution in [3.05, 3.63) is 53.6 Å². The lowest BCUT2D eigenvalue weighted by molar-refractivity contribution is -0.121. The van der Waals surface area contributed by atoms with E-state index in [1.807, 2.05) is 18.2 Å². The van der Waals surface area contributed by atoms with Crippen molar-refractivity contribution in [3.8, 4) is 11.5 Å². The van der Waals surface area contributed by atoms with Crippen LogP contribution in [-0.2, 0) is 9.53 Å². The molecule has 0 spiro atoms. The largest absolute Gasteiger partial charge is 0.486 e. The first kappa shape index (κ1) is 28.0.